The monoisotopic (exact) mass is 470 g/mol. The van der Waals surface area contributed by atoms with Gasteiger partial charge < -0.3 is 24.9 Å². The molecule has 0 rings (SSSR count). The zero-order chi connectivity index (χ0) is 23.5. The number of rotatable bonds is 21. The van der Waals surface area contributed by atoms with Crippen molar-refractivity contribution in [1.82, 2.24) is 0 Å². The number of esters is 1. The molecule has 9 nitrogen and oxygen atoms in total. The van der Waals surface area contributed by atoms with Crippen molar-refractivity contribution in [2.24, 2.45) is 5.92 Å². The molecule has 0 aromatic heterocycles. The van der Waals surface area contributed by atoms with Crippen molar-refractivity contribution < 1.29 is 43.4 Å². The molecule has 0 amide bonds. The minimum absolute atomic E-state index is 0.267. The number of phosphoric acid groups is 1. The van der Waals surface area contributed by atoms with Gasteiger partial charge in [-0.1, -0.05) is 71.6 Å². The van der Waals surface area contributed by atoms with Crippen LogP contribution in [0.2, 0.25) is 0 Å². The van der Waals surface area contributed by atoms with Gasteiger partial charge in [0.2, 0.25) is 0 Å². The average Bonchev–Trinajstić information content (AvgIpc) is 2.75. The first-order valence-electron chi connectivity index (χ1n) is 11.4. The molecule has 31 heavy (non-hydrogen) atoms. The van der Waals surface area contributed by atoms with Gasteiger partial charge in [-0.25, -0.2) is 4.57 Å². The van der Waals surface area contributed by atoms with Gasteiger partial charge in [0.25, 0.3) is 0 Å². The van der Waals surface area contributed by atoms with Crippen molar-refractivity contribution >= 4 is 13.8 Å². The highest BCUT2D eigenvalue weighted by Crippen LogP contribution is 2.43. The van der Waals surface area contributed by atoms with Crippen molar-refractivity contribution in [1.29, 1.82) is 0 Å². The van der Waals surface area contributed by atoms with E-state index >= 15 is 0 Å². The molecule has 0 aliphatic rings. The lowest BCUT2D eigenvalue weighted by atomic mass is 9.99. The second kappa shape index (κ2) is 19.0. The molecule has 0 bridgehead atoms. The fraction of sp³-hybridized carbons (Fsp3) is 0.952. The first-order chi connectivity index (χ1) is 14.7. The van der Waals surface area contributed by atoms with Crippen LogP contribution in [0.1, 0.15) is 84.5 Å². The molecule has 0 heterocycles. The average molecular weight is 471 g/mol. The van der Waals surface area contributed by atoms with Crippen molar-refractivity contribution in [2.45, 2.75) is 96.7 Å². The summed E-state index contributed by atoms with van der Waals surface area (Å²) >= 11 is 0. The van der Waals surface area contributed by atoms with Crippen LogP contribution in [0.5, 0.6) is 0 Å². The van der Waals surface area contributed by atoms with E-state index in [0.717, 1.165) is 25.2 Å². The summed E-state index contributed by atoms with van der Waals surface area (Å²) < 4.78 is 25.4. The summed E-state index contributed by atoms with van der Waals surface area (Å²) in [6.45, 7) is 2.39. The predicted octanol–water partition coefficient (Wildman–Crippen LogP) is 3.32. The van der Waals surface area contributed by atoms with Gasteiger partial charge >= 0.3 is 13.8 Å². The maximum absolute atomic E-state index is 11.7. The third-order valence-electron chi connectivity index (χ3n) is 5.03. The zero-order valence-corrected chi connectivity index (χ0v) is 20.0. The number of phosphoric ester groups is 1. The summed E-state index contributed by atoms with van der Waals surface area (Å²) in [6, 6.07) is 0. The van der Waals surface area contributed by atoms with Crippen LogP contribution < -0.4 is 0 Å². The van der Waals surface area contributed by atoms with Gasteiger partial charge in [-0.3, -0.25) is 13.8 Å². The van der Waals surface area contributed by atoms with E-state index in [0.29, 0.717) is 0 Å². The molecule has 0 saturated carbocycles. The molecular weight excluding hydrogens is 427 g/mol. The van der Waals surface area contributed by atoms with Crippen LogP contribution in [0, 0.1) is 5.92 Å². The Bertz CT molecular complexity index is 489. The molecule has 0 fully saturated rings. The van der Waals surface area contributed by atoms with Gasteiger partial charge in [0.1, 0.15) is 18.8 Å². The normalized spacial score (nSPS) is 16.5. The minimum atomic E-state index is -4.48. The van der Waals surface area contributed by atoms with Gasteiger partial charge in [-0.2, -0.15) is 0 Å². The number of aliphatic hydroxyl groups excluding tert-OH is 3. The Balaban J connectivity index is 3.61. The maximum Gasteiger partial charge on any atom is 0.472 e. The van der Waals surface area contributed by atoms with E-state index in [1.165, 1.54) is 44.9 Å². The van der Waals surface area contributed by atoms with Crippen LogP contribution >= 0.6 is 7.82 Å². The van der Waals surface area contributed by atoms with E-state index in [4.69, 9.17) is 14.9 Å². The van der Waals surface area contributed by atoms with E-state index in [-0.39, 0.29) is 13.0 Å². The topological polar surface area (TPSA) is 143 Å². The van der Waals surface area contributed by atoms with E-state index < -0.39 is 45.8 Å². The molecule has 0 aromatic carbocycles. The number of unbranched alkanes of at least 4 members (excludes halogenated alkanes) is 7. The molecule has 4 atom stereocenters. The highest BCUT2D eigenvalue weighted by atomic mass is 31.2. The van der Waals surface area contributed by atoms with Gasteiger partial charge in [-0.05, 0) is 12.3 Å². The minimum Gasteiger partial charge on any atom is -0.463 e. The Morgan fingerprint density at radius 3 is 1.94 bits per heavy atom. The quantitative estimate of drug-likeness (QED) is 0.113. The highest BCUT2D eigenvalue weighted by molar-refractivity contribution is 7.47. The number of hydrogen-bond acceptors (Lipinski definition) is 8. The number of aliphatic hydroxyl groups is 3. The number of carbonyl (C=O) groups is 1. The summed E-state index contributed by atoms with van der Waals surface area (Å²) in [4.78, 5) is 21.1. The summed E-state index contributed by atoms with van der Waals surface area (Å²) in [5.74, 6) is 0.398. The van der Waals surface area contributed by atoms with Crippen molar-refractivity contribution in [3.05, 3.63) is 0 Å². The van der Waals surface area contributed by atoms with Crippen molar-refractivity contribution in [2.75, 3.05) is 26.4 Å². The highest BCUT2D eigenvalue weighted by Gasteiger charge is 2.24. The first-order valence-corrected chi connectivity index (χ1v) is 12.9. The summed E-state index contributed by atoms with van der Waals surface area (Å²) in [7, 11) is -4.48. The molecule has 1 unspecified atom stereocenters. The van der Waals surface area contributed by atoms with Crippen molar-refractivity contribution in [3.8, 4) is 0 Å². The van der Waals surface area contributed by atoms with E-state index in [2.05, 4.69) is 22.9 Å². The number of ether oxygens (including phenoxy) is 1. The molecule has 186 valence electrons. The fourth-order valence-corrected chi connectivity index (χ4v) is 3.58. The molecule has 4 N–H and O–H groups in total. The van der Waals surface area contributed by atoms with Crippen LogP contribution in [0.3, 0.4) is 0 Å². The summed E-state index contributed by atoms with van der Waals surface area (Å²) in [5, 5.41) is 27.3. The molecule has 0 radical (unpaired) electrons. The molecule has 0 aliphatic carbocycles. The van der Waals surface area contributed by atoms with Crippen LogP contribution in [-0.4, -0.2) is 64.8 Å². The second-order valence-electron chi connectivity index (χ2n) is 8.11. The van der Waals surface area contributed by atoms with E-state index in [1.807, 2.05) is 0 Å². The van der Waals surface area contributed by atoms with Gasteiger partial charge in [0.05, 0.1) is 19.8 Å². The van der Waals surface area contributed by atoms with Crippen LogP contribution in [0.4, 0.5) is 0 Å². The lowest BCUT2D eigenvalue weighted by Gasteiger charge is -2.16. The molecule has 0 spiro atoms. The molecular formula is C21H43O9P. The van der Waals surface area contributed by atoms with E-state index in [1.54, 1.807) is 0 Å². The smallest absolute Gasteiger partial charge is 0.463 e. The Kier molecular flexibility index (Phi) is 18.6. The Morgan fingerprint density at radius 1 is 0.871 bits per heavy atom. The standard InChI is InChI=1S/C21H43O9P/c1-3-18(2)12-10-8-6-4-5-7-9-11-13-21(25)28-15-20(24)17-30-31(26,27)29-16-19(23)14-22/h18-20,22-24H,3-17H2,1-2H3,(H,26,27)/t18-,19+,20-/m0/s1. The molecule has 0 saturated heterocycles. The van der Waals surface area contributed by atoms with Crippen LogP contribution in [0.25, 0.3) is 0 Å². The predicted molar refractivity (Wildman–Crippen MR) is 117 cm³/mol. The fourth-order valence-electron chi connectivity index (χ4n) is 2.79. The lowest BCUT2D eigenvalue weighted by Crippen LogP contribution is -2.24. The second-order valence-corrected chi connectivity index (χ2v) is 9.57. The number of carbonyl (C=O) groups excluding carboxylic acids is 1. The molecule has 0 aliphatic heterocycles. The molecule has 0 aromatic rings. The maximum atomic E-state index is 11.7. The van der Waals surface area contributed by atoms with Gasteiger partial charge in [-0.15, -0.1) is 0 Å². The van der Waals surface area contributed by atoms with Crippen LogP contribution in [-0.2, 0) is 23.1 Å². The summed E-state index contributed by atoms with van der Waals surface area (Å²) in [5.41, 5.74) is 0. The number of hydrogen-bond donors (Lipinski definition) is 4. The Labute approximate surface area is 186 Å². The molecule has 10 heteroatoms. The largest absolute Gasteiger partial charge is 0.472 e. The van der Waals surface area contributed by atoms with Gasteiger partial charge in [0.15, 0.2) is 0 Å². The Hall–Kier alpha value is -0.540. The van der Waals surface area contributed by atoms with E-state index in [9.17, 15) is 19.4 Å². The summed E-state index contributed by atoms with van der Waals surface area (Å²) in [6.07, 6.45) is 9.31. The first kappa shape index (κ1) is 30.5. The zero-order valence-electron chi connectivity index (χ0n) is 19.1. The Morgan fingerprint density at radius 2 is 1.39 bits per heavy atom. The van der Waals surface area contributed by atoms with Crippen LogP contribution in [0.15, 0.2) is 0 Å². The SMILES string of the molecule is CC[C@H](C)CCCCCCCCCCC(=O)OC[C@H](O)COP(=O)(O)OC[C@H](O)CO. The van der Waals surface area contributed by atoms with Gasteiger partial charge in [0, 0.05) is 6.42 Å². The third-order valence-corrected chi connectivity index (χ3v) is 5.98. The van der Waals surface area contributed by atoms with Crippen molar-refractivity contribution in [3.63, 3.8) is 0 Å². The third kappa shape index (κ3) is 19.8. The lowest BCUT2D eigenvalue weighted by molar-refractivity contribution is -0.147.